The largest absolute Gasteiger partial charge is 0.256 e. The Labute approximate surface area is 97.6 Å². The van der Waals surface area contributed by atoms with Crippen molar-refractivity contribution in [2.45, 2.75) is 0 Å². The molecule has 74 valence electrons. The van der Waals surface area contributed by atoms with Crippen LogP contribution >= 0.6 is 15.9 Å². The zero-order chi connectivity index (χ0) is 10.7. The summed E-state index contributed by atoms with van der Waals surface area (Å²) in [6.07, 6.45) is 1.78. The second-order valence-corrected chi connectivity index (χ2v) is 4.03. The molecule has 2 rings (SSSR count). The summed E-state index contributed by atoms with van der Waals surface area (Å²) in [6, 6.07) is 13.8. The second-order valence-electron chi connectivity index (χ2n) is 3.17. The van der Waals surface area contributed by atoms with Crippen LogP contribution in [0.15, 0.2) is 59.7 Å². The Kier molecular flexibility index (Phi) is 2.97. The Morgan fingerprint density at radius 1 is 1.07 bits per heavy atom. The molecule has 0 bridgehead atoms. The highest BCUT2D eigenvalue weighted by atomic mass is 79.9. The summed E-state index contributed by atoms with van der Waals surface area (Å²) >= 11 is 3.51. The maximum Gasteiger partial charge on any atom is 0.0702 e. The van der Waals surface area contributed by atoms with Crippen LogP contribution in [0.25, 0.3) is 5.57 Å². The molecule has 0 aliphatic carbocycles. The molecule has 1 aromatic carbocycles. The van der Waals surface area contributed by atoms with Crippen LogP contribution in [0.2, 0.25) is 0 Å². The third-order valence-electron chi connectivity index (χ3n) is 2.17. The molecule has 0 unspecified atom stereocenters. The molecule has 0 N–H and O–H groups in total. The summed E-state index contributed by atoms with van der Waals surface area (Å²) in [5.41, 5.74) is 2.92. The van der Waals surface area contributed by atoms with Crippen LogP contribution in [-0.4, -0.2) is 4.98 Å². The van der Waals surface area contributed by atoms with E-state index in [0.29, 0.717) is 0 Å². The Hall–Kier alpha value is -1.41. The van der Waals surface area contributed by atoms with E-state index in [1.54, 1.807) is 6.20 Å². The molecule has 0 aliphatic heterocycles. The number of aromatic nitrogens is 1. The van der Waals surface area contributed by atoms with Gasteiger partial charge in [-0.05, 0) is 23.8 Å². The predicted octanol–water partition coefficient (Wildman–Crippen LogP) is 3.91. The van der Waals surface area contributed by atoms with Crippen molar-refractivity contribution in [2.75, 3.05) is 0 Å². The van der Waals surface area contributed by atoms with E-state index in [-0.39, 0.29) is 0 Å². The third-order valence-corrected chi connectivity index (χ3v) is 2.86. The number of pyridine rings is 1. The predicted molar refractivity (Wildman–Crippen MR) is 66.5 cm³/mol. The fourth-order valence-corrected chi connectivity index (χ4v) is 1.91. The van der Waals surface area contributed by atoms with Gasteiger partial charge in [-0.2, -0.15) is 0 Å². The van der Waals surface area contributed by atoms with Gasteiger partial charge >= 0.3 is 0 Å². The van der Waals surface area contributed by atoms with Crippen molar-refractivity contribution in [1.29, 1.82) is 0 Å². The van der Waals surface area contributed by atoms with Crippen LogP contribution in [0.5, 0.6) is 0 Å². The summed E-state index contributed by atoms with van der Waals surface area (Å²) in [6.45, 7) is 4.06. The van der Waals surface area contributed by atoms with E-state index < -0.39 is 0 Å². The van der Waals surface area contributed by atoms with Gasteiger partial charge in [0.2, 0.25) is 0 Å². The lowest BCUT2D eigenvalue weighted by Crippen LogP contribution is -1.90. The lowest BCUT2D eigenvalue weighted by molar-refractivity contribution is 1.27. The van der Waals surface area contributed by atoms with Gasteiger partial charge in [0.05, 0.1) is 5.69 Å². The van der Waals surface area contributed by atoms with Crippen molar-refractivity contribution in [1.82, 2.24) is 4.98 Å². The smallest absolute Gasteiger partial charge is 0.0702 e. The molecule has 0 fully saturated rings. The maximum absolute atomic E-state index is 4.28. The minimum Gasteiger partial charge on any atom is -0.256 e. The molecule has 15 heavy (non-hydrogen) atoms. The van der Waals surface area contributed by atoms with Crippen LogP contribution in [0.4, 0.5) is 0 Å². The molecule has 2 heteroatoms. The van der Waals surface area contributed by atoms with Crippen molar-refractivity contribution in [3.63, 3.8) is 0 Å². The number of halogens is 1. The molecule has 1 heterocycles. The normalized spacial score (nSPS) is 9.93. The van der Waals surface area contributed by atoms with Crippen LogP contribution in [0.1, 0.15) is 11.3 Å². The fourth-order valence-electron chi connectivity index (χ4n) is 1.39. The maximum atomic E-state index is 4.28. The zero-order valence-electron chi connectivity index (χ0n) is 8.15. The molecule has 0 aliphatic rings. The summed E-state index contributed by atoms with van der Waals surface area (Å²) in [7, 11) is 0. The Morgan fingerprint density at radius 2 is 1.80 bits per heavy atom. The molecule has 0 amide bonds. The van der Waals surface area contributed by atoms with Crippen LogP contribution in [0, 0.1) is 0 Å². The minimum atomic E-state index is 0.907. The number of rotatable bonds is 2. The summed E-state index contributed by atoms with van der Waals surface area (Å²) in [5, 5.41) is 0. The second kappa shape index (κ2) is 4.41. The SMILES string of the molecule is C=C(c1ccccn1)c1ccccc1Br. The first kappa shape index (κ1) is 10.1. The van der Waals surface area contributed by atoms with Crippen molar-refractivity contribution in [3.8, 4) is 0 Å². The van der Waals surface area contributed by atoms with Crippen molar-refractivity contribution in [2.24, 2.45) is 0 Å². The van der Waals surface area contributed by atoms with Gasteiger partial charge in [0.25, 0.3) is 0 Å². The van der Waals surface area contributed by atoms with Crippen LogP contribution in [-0.2, 0) is 0 Å². The summed E-state index contributed by atoms with van der Waals surface area (Å²) in [5.74, 6) is 0. The fraction of sp³-hybridized carbons (Fsp3) is 0. The van der Waals surface area contributed by atoms with E-state index >= 15 is 0 Å². The average Bonchev–Trinajstić information content (AvgIpc) is 2.30. The van der Waals surface area contributed by atoms with Gasteiger partial charge < -0.3 is 0 Å². The average molecular weight is 260 g/mol. The lowest BCUT2D eigenvalue weighted by Gasteiger charge is -2.06. The molecule has 0 saturated heterocycles. The highest BCUT2D eigenvalue weighted by Crippen LogP contribution is 2.26. The number of hydrogen-bond acceptors (Lipinski definition) is 1. The molecule has 0 radical (unpaired) electrons. The van der Waals surface area contributed by atoms with E-state index in [1.807, 2.05) is 42.5 Å². The topological polar surface area (TPSA) is 12.9 Å². The van der Waals surface area contributed by atoms with E-state index in [4.69, 9.17) is 0 Å². The quantitative estimate of drug-likeness (QED) is 0.797. The van der Waals surface area contributed by atoms with Crippen LogP contribution in [0.3, 0.4) is 0 Å². The first-order valence-corrected chi connectivity index (χ1v) is 5.43. The first-order chi connectivity index (χ1) is 7.29. The third kappa shape index (κ3) is 2.16. The van der Waals surface area contributed by atoms with E-state index in [9.17, 15) is 0 Å². The van der Waals surface area contributed by atoms with Gasteiger partial charge in [0.1, 0.15) is 0 Å². The van der Waals surface area contributed by atoms with Gasteiger partial charge in [0, 0.05) is 16.2 Å². The van der Waals surface area contributed by atoms with Crippen molar-refractivity contribution in [3.05, 3.63) is 71.0 Å². The van der Waals surface area contributed by atoms with Crippen molar-refractivity contribution >= 4 is 21.5 Å². The Balaban J connectivity index is 2.42. The molecular formula is C13H10BrN. The highest BCUT2D eigenvalue weighted by molar-refractivity contribution is 9.10. The van der Waals surface area contributed by atoms with Gasteiger partial charge in [0.15, 0.2) is 0 Å². The van der Waals surface area contributed by atoms with Gasteiger partial charge in [-0.15, -0.1) is 0 Å². The molecule has 0 saturated carbocycles. The van der Waals surface area contributed by atoms with Gasteiger partial charge in [-0.25, -0.2) is 0 Å². The minimum absolute atomic E-state index is 0.907. The molecular weight excluding hydrogens is 250 g/mol. The number of hydrogen-bond donors (Lipinski definition) is 0. The Morgan fingerprint density at radius 3 is 2.47 bits per heavy atom. The number of nitrogens with zero attached hydrogens (tertiary/aromatic N) is 1. The monoisotopic (exact) mass is 259 g/mol. The highest BCUT2D eigenvalue weighted by Gasteiger charge is 2.05. The summed E-state index contributed by atoms with van der Waals surface area (Å²) in [4.78, 5) is 4.28. The zero-order valence-corrected chi connectivity index (χ0v) is 9.74. The van der Waals surface area contributed by atoms with Gasteiger partial charge in [-0.3, -0.25) is 4.98 Å². The van der Waals surface area contributed by atoms with E-state index in [1.165, 1.54) is 0 Å². The van der Waals surface area contributed by atoms with Gasteiger partial charge in [-0.1, -0.05) is 46.8 Å². The van der Waals surface area contributed by atoms with Crippen LogP contribution < -0.4 is 0 Å². The molecule has 2 aromatic rings. The van der Waals surface area contributed by atoms with E-state index in [0.717, 1.165) is 21.3 Å². The lowest BCUT2D eigenvalue weighted by atomic mass is 10.0. The molecule has 0 spiro atoms. The van der Waals surface area contributed by atoms with Crippen molar-refractivity contribution < 1.29 is 0 Å². The first-order valence-electron chi connectivity index (χ1n) is 4.64. The molecule has 1 nitrogen and oxygen atoms in total. The summed E-state index contributed by atoms with van der Waals surface area (Å²) < 4.78 is 1.04. The van der Waals surface area contributed by atoms with E-state index in [2.05, 4.69) is 27.5 Å². The Bertz CT molecular complexity index is 477. The standard InChI is InChI=1S/C13H10BrN/c1-10(13-8-4-5-9-15-13)11-6-2-3-7-12(11)14/h2-9H,1H2. The molecule has 0 atom stereocenters. The molecule has 1 aromatic heterocycles. The number of benzene rings is 1.